The van der Waals surface area contributed by atoms with Gasteiger partial charge in [-0.05, 0) is 41.8 Å². The number of hydrogen-bond acceptors (Lipinski definition) is 5. The molecule has 3 aromatic rings. The molecule has 0 fully saturated rings. The molecule has 2 aromatic carbocycles. The van der Waals surface area contributed by atoms with Crippen LogP contribution in [0.2, 0.25) is 0 Å². The first-order valence-electron chi connectivity index (χ1n) is 8.87. The zero-order chi connectivity index (χ0) is 20.2. The Bertz CT molecular complexity index is 1050. The highest BCUT2D eigenvalue weighted by molar-refractivity contribution is 7.12. The molecule has 0 saturated carbocycles. The van der Waals surface area contributed by atoms with Crippen LogP contribution in [-0.4, -0.2) is 30.9 Å². The molecule has 0 atom stereocenters. The molecule has 2 N–H and O–H groups in total. The Labute approximate surface area is 170 Å². The van der Waals surface area contributed by atoms with Gasteiger partial charge in [-0.2, -0.15) is 0 Å². The molecule has 0 bridgehead atoms. The Hall–Kier alpha value is -3.65. The first-order valence-corrected chi connectivity index (χ1v) is 9.75. The second-order valence-electron chi connectivity index (χ2n) is 6.30. The molecule has 146 valence electrons. The van der Waals surface area contributed by atoms with Crippen LogP contribution in [0.3, 0.4) is 0 Å². The van der Waals surface area contributed by atoms with Crippen LogP contribution in [0, 0.1) is 0 Å². The third kappa shape index (κ3) is 4.27. The van der Waals surface area contributed by atoms with E-state index >= 15 is 0 Å². The van der Waals surface area contributed by atoms with E-state index in [9.17, 15) is 14.4 Å². The van der Waals surface area contributed by atoms with Gasteiger partial charge in [0, 0.05) is 11.4 Å². The molecule has 7 nitrogen and oxygen atoms in total. The lowest BCUT2D eigenvalue weighted by molar-refractivity contribution is -0.123. The molecule has 2 heterocycles. The van der Waals surface area contributed by atoms with Crippen molar-refractivity contribution in [1.29, 1.82) is 0 Å². The lowest BCUT2D eigenvalue weighted by atomic mass is 10.2. The standard InChI is InChI=1S/C21H17N3O4S/c25-19(22-14-5-2-1-3-6-14)12-24-16-11-15(8-9-17(16)28-13-20(24)26)23-21(27)18-7-4-10-29-18/h1-11H,12-13H2,(H,22,25)(H,23,27). The molecule has 1 aliphatic rings. The van der Waals surface area contributed by atoms with Gasteiger partial charge in [-0.1, -0.05) is 24.3 Å². The molecule has 0 spiro atoms. The number of carbonyl (C=O) groups excluding carboxylic acids is 3. The maximum absolute atomic E-state index is 12.4. The van der Waals surface area contributed by atoms with Crippen molar-refractivity contribution in [3.8, 4) is 5.75 Å². The molecular formula is C21H17N3O4S. The van der Waals surface area contributed by atoms with Crippen LogP contribution >= 0.6 is 11.3 Å². The number of ether oxygens (including phenoxy) is 1. The fourth-order valence-corrected chi connectivity index (χ4v) is 3.54. The van der Waals surface area contributed by atoms with Crippen molar-refractivity contribution in [1.82, 2.24) is 0 Å². The summed E-state index contributed by atoms with van der Waals surface area (Å²) in [4.78, 5) is 39.1. The minimum Gasteiger partial charge on any atom is -0.482 e. The Morgan fingerprint density at radius 3 is 2.59 bits per heavy atom. The highest BCUT2D eigenvalue weighted by atomic mass is 32.1. The summed E-state index contributed by atoms with van der Waals surface area (Å²) in [5.41, 5.74) is 1.60. The van der Waals surface area contributed by atoms with Gasteiger partial charge < -0.3 is 15.4 Å². The Kier molecular flexibility index (Phi) is 5.26. The molecular weight excluding hydrogens is 390 g/mol. The Morgan fingerprint density at radius 1 is 1.00 bits per heavy atom. The lowest BCUT2D eigenvalue weighted by Gasteiger charge is -2.29. The van der Waals surface area contributed by atoms with E-state index in [4.69, 9.17) is 4.74 Å². The van der Waals surface area contributed by atoms with Crippen molar-refractivity contribution in [2.75, 3.05) is 28.7 Å². The molecule has 0 saturated heterocycles. The number of hydrogen-bond donors (Lipinski definition) is 2. The fraction of sp³-hybridized carbons (Fsp3) is 0.0952. The van der Waals surface area contributed by atoms with Crippen molar-refractivity contribution >= 4 is 46.1 Å². The zero-order valence-corrected chi connectivity index (χ0v) is 16.1. The van der Waals surface area contributed by atoms with E-state index in [0.29, 0.717) is 27.7 Å². The number of fused-ring (bicyclic) bond motifs is 1. The third-order valence-electron chi connectivity index (χ3n) is 4.26. The van der Waals surface area contributed by atoms with Crippen molar-refractivity contribution in [2.45, 2.75) is 0 Å². The molecule has 1 aliphatic heterocycles. The number of rotatable bonds is 5. The number of para-hydroxylation sites is 1. The molecule has 0 aliphatic carbocycles. The number of thiophene rings is 1. The summed E-state index contributed by atoms with van der Waals surface area (Å²) in [6.07, 6.45) is 0. The molecule has 1 aromatic heterocycles. The first kappa shape index (κ1) is 18.7. The first-order chi connectivity index (χ1) is 14.1. The largest absolute Gasteiger partial charge is 0.482 e. The average Bonchev–Trinajstić information content (AvgIpc) is 3.26. The van der Waals surface area contributed by atoms with E-state index in [0.717, 1.165) is 0 Å². The summed E-state index contributed by atoms with van der Waals surface area (Å²) in [5.74, 6) is -0.421. The van der Waals surface area contributed by atoms with E-state index < -0.39 is 0 Å². The van der Waals surface area contributed by atoms with Crippen molar-refractivity contribution in [2.24, 2.45) is 0 Å². The van der Waals surface area contributed by atoms with Gasteiger partial charge in [-0.3, -0.25) is 19.3 Å². The van der Waals surface area contributed by atoms with Gasteiger partial charge in [0.15, 0.2) is 6.61 Å². The second kappa shape index (κ2) is 8.15. The van der Waals surface area contributed by atoms with Crippen molar-refractivity contribution in [3.05, 3.63) is 70.9 Å². The normalized spacial score (nSPS) is 12.7. The maximum atomic E-state index is 12.4. The summed E-state index contributed by atoms with van der Waals surface area (Å²) in [6, 6.07) is 17.5. The van der Waals surface area contributed by atoms with Gasteiger partial charge in [0.1, 0.15) is 12.3 Å². The molecule has 8 heteroatoms. The van der Waals surface area contributed by atoms with Crippen molar-refractivity contribution < 1.29 is 19.1 Å². The van der Waals surface area contributed by atoms with Crippen LogP contribution in [0.4, 0.5) is 17.1 Å². The topological polar surface area (TPSA) is 87.7 Å². The van der Waals surface area contributed by atoms with Crippen molar-refractivity contribution in [3.63, 3.8) is 0 Å². The zero-order valence-electron chi connectivity index (χ0n) is 15.3. The van der Waals surface area contributed by atoms with E-state index in [1.807, 2.05) is 23.6 Å². The summed E-state index contributed by atoms with van der Waals surface area (Å²) >= 11 is 1.34. The maximum Gasteiger partial charge on any atom is 0.265 e. The molecule has 4 rings (SSSR count). The number of carbonyl (C=O) groups is 3. The predicted molar refractivity (Wildman–Crippen MR) is 112 cm³/mol. The van der Waals surface area contributed by atoms with Gasteiger partial charge in [-0.15, -0.1) is 11.3 Å². The van der Waals surface area contributed by atoms with Crippen LogP contribution in [0.5, 0.6) is 5.75 Å². The summed E-state index contributed by atoms with van der Waals surface area (Å²) < 4.78 is 5.46. The van der Waals surface area contributed by atoms with Gasteiger partial charge in [0.05, 0.1) is 10.6 Å². The fourth-order valence-electron chi connectivity index (χ4n) is 2.92. The van der Waals surface area contributed by atoms with E-state index in [-0.39, 0.29) is 30.9 Å². The minimum atomic E-state index is -0.331. The smallest absolute Gasteiger partial charge is 0.265 e. The lowest BCUT2D eigenvalue weighted by Crippen LogP contribution is -2.43. The number of anilines is 3. The Balaban J connectivity index is 1.53. The van der Waals surface area contributed by atoms with Crippen LogP contribution in [0.1, 0.15) is 9.67 Å². The summed E-state index contributed by atoms with van der Waals surface area (Å²) in [5, 5.41) is 7.39. The van der Waals surface area contributed by atoms with Gasteiger partial charge >= 0.3 is 0 Å². The van der Waals surface area contributed by atoms with Gasteiger partial charge in [0.2, 0.25) is 5.91 Å². The Morgan fingerprint density at radius 2 is 1.83 bits per heavy atom. The third-order valence-corrected chi connectivity index (χ3v) is 5.13. The monoisotopic (exact) mass is 407 g/mol. The quantitative estimate of drug-likeness (QED) is 0.679. The molecule has 0 radical (unpaired) electrons. The number of nitrogens with zero attached hydrogens (tertiary/aromatic N) is 1. The van der Waals surface area contributed by atoms with Crippen LogP contribution in [-0.2, 0) is 9.59 Å². The summed E-state index contributed by atoms with van der Waals surface area (Å²) in [6.45, 7) is -0.307. The predicted octanol–water partition coefficient (Wildman–Crippen LogP) is 3.36. The second-order valence-corrected chi connectivity index (χ2v) is 7.24. The van der Waals surface area contributed by atoms with Crippen LogP contribution in [0.25, 0.3) is 0 Å². The number of benzene rings is 2. The highest BCUT2D eigenvalue weighted by Gasteiger charge is 2.28. The van der Waals surface area contributed by atoms with Gasteiger partial charge in [-0.25, -0.2) is 0 Å². The van der Waals surface area contributed by atoms with Gasteiger partial charge in [0.25, 0.3) is 11.8 Å². The molecule has 3 amide bonds. The van der Waals surface area contributed by atoms with E-state index in [1.165, 1.54) is 16.2 Å². The van der Waals surface area contributed by atoms with Crippen LogP contribution < -0.4 is 20.3 Å². The highest BCUT2D eigenvalue weighted by Crippen LogP contribution is 2.34. The minimum absolute atomic E-state index is 0.146. The average molecular weight is 407 g/mol. The van der Waals surface area contributed by atoms with E-state index in [2.05, 4.69) is 10.6 Å². The molecule has 29 heavy (non-hydrogen) atoms. The summed E-state index contributed by atoms with van der Waals surface area (Å²) in [7, 11) is 0. The number of nitrogens with one attached hydrogen (secondary N) is 2. The number of amides is 3. The van der Waals surface area contributed by atoms with Crippen LogP contribution in [0.15, 0.2) is 66.0 Å². The van der Waals surface area contributed by atoms with E-state index in [1.54, 1.807) is 42.5 Å². The molecule has 0 unspecified atom stereocenters. The SMILES string of the molecule is O=C(CN1C(=O)COc2ccc(NC(=O)c3cccs3)cc21)Nc1ccccc1.